The van der Waals surface area contributed by atoms with Gasteiger partial charge < -0.3 is 9.47 Å². The van der Waals surface area contributed by atoms with Crippen molar-refractivity contribution in [2.75, 3.05) is 39.3 Å². The standard InChI is InChI=1S/C20H40N2O2/c1-15(2)19(5,6)14-21-9-10-23-18(13-21)24-17-11-22(12-17)20(7,8)16(3)4/h15-18H,9-14H2,1-8H3. The van der Waals surface area contributed by atoms with Gasteiger partial charge in [0.15, 0.2) is 6.29 Å². The van der Waals surface area contributed by atoms with Crippen molar-refractivity contribution in [1.29, 1.82) is 0 Å². The van der Waals surface area contributed by atoms with Gasteiger partial charge in [-0.25, -0.2) is 0 Å². The molecule has 4 nitrogen and oxygen atoms in total. The van der Waals surface area contributed by atoms with E-state index in [0.717, 1.165) is 39.3 Å². The average Bonchev–Trinajstić information content (AvgIpc) is 2.41. The molecule has 0 radical (unpaired) electrons. The van der Waals surface area contributed by atoms with Gasteiger partial charge in [0.2, 0.25) is 0 Å². The Morgan fingerprint density at radius 2 is 1.62 bits per heavy atom. The molecule has 0 bridgehead atoms. The Kier molecular flexibility index (Phi) is 6.39. The molecule has 1 atom stereocenters. The van der Waals surface area contributed by atoms with Gasteiger partial charge in [-0.2, -0.15) is 0 Å². The fraction of sp³-hybridized carbons (Fsp3) is 1.00. The van der Waals surface area contributed by atoms with Gasteiger partial charge in [0.05, 0.1) is 12.7 Å². The molecule has 0 amide bonds. The molecule has 2 rings (SSSR count). The molecule has 2 heterocycles. The summed E-state index contributed by atoms with van der Waals surface area (Å²) in [5.41, 5.74) is 0.580. The number of morpholine rings is 1. The highest BCUT2D eigenvalue weighted by molar-refractivity contribution is 4.94. The lowest BCUT2D eigenvalue weighted by Crippen LogP contribution is -2.63. The molecule has 2 aliphatic heterocycles. The van der Waals surface area contributed by atoms with E-state index in [2.05, 4.69) is 65.2 Å². The van der Waals surface area contributed by atoms with Crippen LogP contribution in [0.4, 0.5) is 0 Å². The smallest absolute Gasteiger partial charge is 0.170 e. The van der Waals surface area contributed by atoms with E-state index in [1.54, 1.807) is 0 Å². The summed E-state index contributed by atoms with van der Waals surface area (Å²) in [4.78, 5) is 5.05. The van der Waals surface area contributed by atoms with Gasteiger partial charge in [0.25, 0.3) is 0 Å². The molecule has 0 aliphatic carbocycles. The van der Waals surface area contributed by atoms with Gasteiger partial charge in [-0.15, -0.1) is 0 Å². The summed E-state index contributed by atoms with van der Waals surface area (Å²) in [5, 5.41) is 0. The van der Waals surface area contributed by atoms with Gasteiger partial charge in [0.1, 0.15) is 0 Å². The monoisotopic (exact) mass is 340 g/mol. The second kappa shape index (κ2) is 7.61. The number of ether oxygens (including phenoxy) is 2. The summed E-state index contributed by atoms with van der Waals surface area (Å²) in [6.07, 6.45) is 0.266. The molecule has 0 N–H and O–H groups in total. The van der Waals surface area contributed by atoms with Gasteiger partial charge in [0, 0.05) is 38.3 Å². The molecule has 2 aliphatic rings. The molecule has 0 aromatic heterocycles. The summed E-state index contributed by atoms with van der Waals surface area (Å²) in [6, 6.07) is 0. The van der Waals surface area contributed by atoms with E-state index in [0.29, 0.717) is 23.4 Å². The Balaban J connectivity index is 1.77. The zero-order valence-electron chi connectivity index (χ0n) is 17.3. The lowest BCUT2D eigenvalue weighted by molar-refractivity contribution is -0.234. The number of likely N-dealkylation sites (tertiary alicyclic amines) is 1. The third-order valence-corrected chi connectivity index (χ3v) is 6.73. The third-order valence-electron chi connectivity index (χ3n) is 6.73. The fourth-order valence-electron chi connectivity index (χ4n) is 3.23. The van der Waals surface area contributed by atoms with Crippen molar-refractivity contribution < 1.29 is 9.47 Å². The number of nitrogens with zero attached hydrogens (tertiary/aromatic N) is 2. The predicted octanol–water partition coefficient (Wildman–Crippen LogP) is 3.46. The minimum absolute atomic E-state index is 0.0592. The van der Waals surface area contributed by atoms with E-state index in [1.807, 2.05) is 0 Å². The van der Waals surface area contributed by atoms with Gasteiger partial charge in [-0.05, 0) is 31.1 Å². The first-order chi connectivity index (χ1) is 11.0. The molecule has 0 aromatic carbocycles. The van der Waals surface area contributed by atoms with Crippen LogP contribution in [0.2, 0.25) is 0 Å². The summed E-state index contributed by atoms with van der Waals surface area (Å²) < 4.78 is 12.1. The summed E-state index contributed by atoms with van der Waals surface area (Å²) in [7, 11) is 0. The van der Waals surface area contributed by atoms with Crippen molar-refractivity contribution >= 4 is 0 Å². The molecular weight excluding hydrogens is 300 g/mol. The zero-order chi connectivity index (χ0) is 18.1. The van der Waals surface area contributed by atoms with Crippen molar-refractivity contribution in [2.24, 2.45) is 17.3 Å². The molecule has 24 heavy (non-hydrogen) atoms. The van der Waals surface area contributed by atoms with E-state index < -0.39 is 0 Å². The van der Waals surface area contributed by atoms with Crippen LogP contribution in [-0.4, -0.2) is 67.1 Å². The predicted molar refractivity (Wildman–Crippen MR) is 100 cm³/mol. The van der Waals surface area contributed by atoms with Crippen LogP contribution in [0.5, 0.6) is 0 Å². The minimum atomic E-state index is -0.0592. The van der Waals surface area contributed by atoms with Crippen molar-refractivity contribution in [3.63, 3.8) is 0 Å². The van der Waals surface area contributed by atoms with E-state index >= 15 is 0 Å². The van der Waals surface area contributed by atoms with Crippen LogP contribution in [0.1, 0.15) is 55.4 Å². The molecule has 1 unspecified atom stereocenters. The van der Waals surface area contributed by atoms with Crippen molar-refractivity contribution in [3.8, 4) is 0 Å². The summed E-state index contributed by atoms with van der Waals surface area (Å²) in [6.45, 7) is 24.5. The van der Waals surface area contributed by atoms with Gasteiger partial charge >= 0.3 is 0 Å². The van der Waals surface area contributed by atoms with Crippen molar-refractivity contribution in [2.45, 2.75) is 73.3 Å². The Morgan fingerprint density at radius 1 is 1.00 bits per heavy atom. The second-order valence-corrected chi connectivity index (χ2v) is 9.65. The molecule has 2 saturated heterocycles. The van der Waals surface area contributed by atoms with Crippen LogP contribution in [0.15, 0.2) is 0 Å². The first kappa shape index (κ1) is 20.2. The minimum Gasteiger partial charge on any atom is -0.350 e. The van der Waals surface area contributed by atoms with Crippen molar-refractivity contribution in [1.82, 2.24) is 9.80 Å². The molecule has 142 valence electrons. The highest BCUT2D eigenvalue weighted by atomic mass is 16.7. The van der Waals surface area contributed by atoms with E-state index in [4.69, 9.17) is 9.47 Å². The molecule has 4 heteroatoms. The summed E-state index contributed by atoms with van der Waals surface area (Å²) in [5.74, 6) is 1.33. The quantitative estimate of drug-likeness (QED) is 0.708. The largest absolute Gasteiger partial charge is 0.350 e. The maximum atomic E-state index is 6.23. The van der Waals surface area contributed by atoms with Crippen LogP contribution >= 0.6 is 0 Å². The normalized spacial score (nSPS) is 25.5. The molecule has 0 spiro atoms. The number of hydrogen-bond acceptors (Lipinski definition) is 4. The Morgan fingerprint density at radius 3 is 2.17 bits per heavy atom. The Bertz CT molecular complexity index is 400. The molecular formula is C20H40N2O2. The maximum absolute atomic E-state index is 6.23. The fourth-order valence-corrected chi connectivity index (χ4v) is 3.23. The van der Waals surface area contributed by atoms with Crippen LogP contribution in [0.25, 0.3) is 0 Å². The Labute approximate surface area is 149 Å². The van der Waals surface area contributed by atoms with E-state index in [1.165, 1.54) is 0 Å². The molecule has 0 saturated carbocycles. The summed E-state index contributed by atoms with van der Waals surface area (Å²) >= 11 is 0. The number of rotatable bonds is 7. The van der Waals surface area contributed by atoms with E-state index in [9.17, 15) is 0 Å². The van der Waals surface area contributed by atoms with Crippen LogP contribution in [-0.2, 0) is 9.47 Å². The average molecular weight is 341 g/mol. The Hall–Kier alpha value is -0.160. The first-order valence-electron chi connectivity index (χ1n) is 9.77. The van der Waals surface area contributed by atoms with Crippen molar-refractivity contribution in [3.05, 3.63) is 0 Å². The maximum Gasteiger partial charge on any atom is 0.170 e. The van der Waals surface area contributed by atoms with Crippen LogP contribution < -0.4 is 0 Å². The highest BCUT2D eigenvalue weighted by Gasteiger charge is 2.41. The lowest BCUT2D eigenvalue weighted by atomic mass is 9.80. The molecule has 2 fully saturated rings. The first-order valence-corrected chi connectivity index (χ1v) is 9.77. The van der Waals surface area contributed by atoms with Gasteiger partial charge in [-0.3, -0.25) is 9.80 Å². The van der Waals surface area contributed by atoms with E-state index in [-0.39, 0.29) is 11.8 Å². The van der Waals surface area contributed by atoms with Gasteiger partial charge in [-0.1, -0.05) is 41.5 Å². The number of hydrogen-bond donors (Lipinski definition) is 0. The SMILES string of the molecule is CC(C)C(C)(C)CN1CCOC(OC2CN(C(C)(C)C(C)C)C2)C1. The third kappa shape index (κ3) is 4.72. The van der Waals surface area contributed by atoms with Crippen LogP contribution in [0, 0.1) is 17.3 Å². The topological polar surface area (TPSA) is 24.9 Å². The van der Waals surface area contributed by atoms with Crippen LogP contribution in [0.3, 0.4) is 0 Å². The zero-order valence-corrected chi connectivity index (χ0v) is 17.3. The lowest BCUT2D eigenvalue weighted by Gasteiger charge is -2.52. The molecule has 0 aromatic rings. The highest BCUT2D eigenvalue weighted by Crippen LogP contribution is 2.31. The second-order valence-electron chi connectivity index (χ2n) is 9.65.